The molecule has 0 bridgehead atoms. The maximum Gasteiger partial charge on any atom is 0.408 e. The largest absolute Gasteiger partial charge is 0.548 e. The van der Waals surface area contributed by atoms with Crippen molar-refractivity contribution in [1.82, 2.24) is 16.0 Å². The van der Waals surface area contributed by atoms with Crippen molar-refractivity contribution in [2.75, 3.05) is 6.54 Å². The lowest BCUT2D eigenvalue weighted by Crippen LogP contribution is -2.55. The van der Waals surface area contributed by atoms with Crippen LogP contribution in [0, 0.1) is 11.8 Å². The van der Waals surface area contributed by atoms with Crippen LogP contribution in [0.2, 0.25) is 0 Å². The van der Waals surface area contributed by atoms with Gasteiger partial charge in [0.05, 0.1) is 18.1 Å². The summed E-state index contributed by atoms with van der Waals surface area (Å²) in [5.74, 6) is -2.42. The number of hydrogen-bond acceptors (Lipinski definition) is 7. The number of rotatable bonds is 8. The zero-order chi connectivity index (χ0) is 23.1. The standard InChI is InChI=1S/C20H35N3O7/c1-11(22-19(29)30-20(3,4)5)16(25)21-10-13-6-8-14(9-7-13)17(26)23-15(12(2)24)18(27)28/h11-15,24H,6-10H2,1-5H3,(H,21,25)(H,22,29)(H,23,26)(H,27,28)/p-1/t11-,12-,13?,14?,15-/m1/s1. The van der Waals surface area contributed by atoms with Gasteiger partial charge >= 0.3 is 6.09 Å². The zero-order valence-electron chi connectivity index (χ0n) is 18.3. The van der Waals surface area contributed by atoms with Gasteiger partial charge in [-0.1, -0.05) is 0 Å². The van der Waals surface area contributed by atoms with Crippen molar-refractivity contribution in [3.63, 3.8) is 0 Å². The highest BCUT2D eigenvalue weighted by Crippen LogP contribution is 2.28. The summed E-state index contributed by atoms with van der Waals surface area (Å²) in [5, 5.41) is 28.0. The van der Waals surface area contributed by atoms with Gasteiger partial charge in [-0.15, -0.1) is 0 Å². The van der Waals surface area contributed by atoms with Crippen molar-refractivity contribution in [3.8, 4) is 0 Å². The van der Waals surface area contributed by atoms with Gasteiger partial charge in [0.2, 0.25) is 11.8 Å². The molecular formula is C20H34N3O7-. The van der Waals surface area contributed by atoms with Gasteiger partial charge in [-0.25, -0.2) is 4.79 Å². The number of hydrogen-bond donors (Lipinski definition) is 4. The Morgan fingerprint density at radius 1 is 1.07 bits per heavy atom. The van der Waals surface area contributed by atoms with Crippen LogP contribution in [0.3, 0.4) is 0 Å². The third-order valence-electron chi connectivity index (χ3n) is 4.94. The summed E-state index contributed by atoms with van der Waals surface area (Å²) in [6.07, 6.45) is 0.578. The Labute approximate surface area is 177 Å². The lowest BCUT2D eigenvalue weighted by molar-refractivity contribution is -0.310. The predicted octanol–water partition coefficient (Wildman–Crippen LogP) is -0.562. The fourth-order valence-electron chi connectivity index (χ4n) is 3.22. The molecule has 0 aromatic heterocycles. The predicted molar refractivity (Wildman–Crippen MR) is 106 cm³/mol. The quantitative estimate of drug-likeness (QED) is 0.403. The Hall–Kier alpha value is -2.36. The van der Waals surface area contributed by atoms with E-state index in [0.717, 1.165) is 0 Å². The third kappa shape index (κ3) is 8.98. The molecule has 1 fully saturated rings. The number of amides is 3. The van der Waals surface area contributed by atoms with Crippen LogP contribution in [0.5, 0.6) is 0 Å². The van der Waals surface area contributed by atoms with E-state index in [1.165, 1.54) is 6.92 Å². The number of aliphatic hydroxyl groups excluding tert-OH is 1. The van der Waals surface area contributed by atoms with Crippen molar-refractivity contribution in [1.29, 1.82) is 0 Å². The number of aliphatic carboxylic acids is 1. The summed E-state index contributed by atoms with van der Waals surface area (Å²) in [6.45, 7) is 8.46. The first-order valence-corrected chi connectivity index (χ1v) is 10.3. The third-order valence-corrected chi connectivity index (χ3v) is 4.94. The second-order valence-electron chi connectivity index (χ2n) is 8.88. The van der Waals surface area contributed by atoms with E-state index in [1.807, 2.05) is 0 Å². The number of ether oxygens (including phenoxy) is 1. The molecule has 0 aromatic carbocycles. The average molecular weight is 429 g/mol. The molecule has 3 amide bonds. The molecule has 1 aliphatic carbocycles. The summed E-state index contributed by atoms with van der Waals surface area (Å²) in [5.41, 5.74) is -0.651. The molecule has 0 unspecified atom stereocenters. The van der Waals surface area contributed by atoms with E-state index >= 15 is 0 Å². The Bertz CT molecular complexity index is 622. The minimum atomic E-state index is -1.52. The van der Waals surface area contributed by atoms with Gasteiger partial charge in [-0.05, 0) is 66.2 Å². The first kappa shape index (κ1) is 25.7. The fourth-order valence-corrected chi connectivity index (χ4v) is 3.22. The monoisotopic (exact) mass is 428 g/mol. The number of alkyl carbamates (subject to hydrolysis) is 1. The van der Waals surface area contributed by atoms with E-state index in [9.17, 15) is 29.4 Å². The molecule has 30 heavy (non-hydrogen) atoms. The number of carboxylic acids is 1. The lowest BCUT2D eigenvalue weighted by Gasteiger charge is -2.30. The highest BCUT2D eigenvalue weighted by Gasteiger charge is 2.29. The molecule has 0 aromatic rings. The maximum atomic E-state index is 12.2. The number of carboxylic acid groups (broad SMARTS) is 1. The summed E-state index contributed by atoms with van der Waals surface area (Å²) in [6, 6.07) is -2.18. The summed E-state index contributed by atoms with van der Waals surface area (Å²) in [7, 11) is 0. The molecule has 1 aliphatic rings. The molecule has 10 nitrogen and oxygen atoms in total. The molecule has 0 radical (unpaired) electrons. The van der Waals surface area contributed by atoms with Crippen LogP contribution in [-0.2, 0) is 19.1 Å². The first-order chi connectivity index (χ1) is 13.8. The highest BCUT2D eigenvalue weighted by molar-refractivity contribution is 5.85. The van der Waals surface area contributed by atoms with E-state index in [-0.39, 0.29) is 17.7 Å². The van der Waals surface area contributed by atoms with Gasteiger partial charge in [0.15, 0.2) is 0 Å². The Balaban J connectivity index is 2.37. The molecule has 10 heteroatoms. The van der Waals surface area contributed by atoms with E-state index in [0.29, 0.717) is 32.2 Å². The molecular weight excluding hydrogens is 394 g/mol. The lowest BCUT2D eigenvalue weighted by atomic mass is 9.81. The molecule has 172 valence electrons. The van der Waals surface area contributed by atoms with Crippen LogP contribution in [-0.4, -0.2) is 59.3 Å². The van der Waals surface area contributed by atoms with Gasteiger partial charge in [-0.3, -0.25) is 9.59 Å². The van der Waals surface area contributed by atoms with Crippen LogP contribution in [0.25, 0.3) is 0 Å². The molecule has 4 N–H and O–H groups in total. The topological polar surface area (TPSA) is 157 Å². The smallest absolute Gasteiger partial charge is 0.408 e. The molecule has 0 aliphatic heterocycles. The Morgan fingerprint density at radius 3 is 2.10 bits per heavy atom. The fraction of sp³-hybridized carbons (Fsp3) is 0.800. The van der Waals surface area contributed by atoms with E-state index in [4.69, 9.17) is 4.74 Å². The summed E-state index contributed by atoms with van der Waals surface area (Å²) < 4.78 is 5.12. The molecule has 0 saturated heterocycles. The molecule has 1 saturated carbocycles. The Morgan fingerprint density at radius 2 is 1.63 bits per heavy atom. The minimum Gasteiger partial charge on any atom is -0.548 e. The normalized spacial score (nSPS) is 22.2. The molecule has 1 rings (SSSR count). The van der Waals surface area contributed by atoms with Gasteiger partial charge in [0.1, 0.15) is 11.6 Å². The van der Waals surface area contributed by atoms with E-state index in [2.05, 4.69) is 16.0 Å². The van der Waals surface area contributed by atoms with Crippen molar-refractivity contribution >= 4 is 23.9 Å². The second kappa shape index (κ2) is 11.1. The van der Waals surface area contributed by atoms with Crippen molar-refractivity contribution in [2.45, 2.75) is 84.1 Å². The van der Waals surface area contributed by atoms with Gasteiger partial charge in [0, 0.05) is 12.5 Å². The van der Waals surface area contributed by atoms with Crippen LogP contribution in [0.4, 0.5) is 4.79 Å². The van der Waals surface area contributed by atoms with Gasteiger partial charge < -0.3 is 35.7 Å². The SMILES string of the molecule is C[C@@H](NC(=O)OC(C)(C)C)C(=O)NCC1CCC(C(=O)N[C@@H](C(=O)[O-])[C@@H](C)O)CC1. The summed E-state index contributed by atoms with van der Waals surface area (Å²) >= 11 is 0. The van der Waals surface area contributed by atoms with E-state index < -0.39 is 41.8 Å². The van der Waals surface area contributed by atoms with Crippen molar-refractivity contribution in [3.05, 3.63) is 0 Å². The van der Waals surface area contributed by atoms with Gasteiger partial charge in [-0.2, -0.15) is 0 Å². The van der Waals surface area contributed by atoms with Crippen LogP contribution >= 0.6 is 0 Å². The number of carbonyl (C=O) groups excluding carboxylic acids is 4. The first-order valence-electron chi connectivity index (χ1n) is 10.3. The number of aliphatic hydroxyl groups is 1. The average Bonchev–Trinajstić information content (AvgIpc) is 2.62. The second-order valence-corrected chi connectivity index (χ2v) is 8.88. The van der Waals surface area contributed by atoms with Gasteiger partial charge in [0.25, 0.3) is 0 Å². The minimum absolute atomic E-state index is 0.181. The van der Waals surface area contributed by atoms with Crippen molar-refractivity contribution in [2.24, 2.45) is 11.8 Å². The summed E-state index contributed by atoms with van der Waals surface area (Å²) in [4.78, 5) is 47.1. The molecule has 0 spiro atoms. The van der Waals surface area contributed by atoms with E-state index in [1.54, 1.807) is 27.7 Å². The number of carbonyl (C=O) groups is 4. The number of nitrogens with one attached hydrogen (secondary N) is 3. The zero-order valence-corrected chi connectivity index (χ0v) is 18.3. The Kier molecular flexibility index (Phi) is 9.54. The van der Waals surface area contributed by atoms with Crippen LogP contribution < -0.4 is 21.1 Å². The maximum absolute atomic E-state index is 12.2. The molecule has 0 heterocycles. The van der Waals surface area contributed by atoms with Crippen molar-refractivity contribution < 1.29 is 34.1 Å². The van der Waals surface area contributed by atoms with Crippen LogP contribution in [0.15, 0.2) is 0 Å². The molecule has 3 atom stereocenters. The van der Waals surface area contributed by atoms with Crippen LogP contribution in [0.1, 0.15) is 60.3 Å². The highest BCUT2D eigenvalue weighted by atomic mass is 16.6.